The largest absolute Gasteiger partial charge is 0.502 e. The summed E-state index contributed by atoms with van der Waals surface area (Å²) in [6, 6.07) is 1.10. The SMILES string of the molecule is C=C(O)c1n(C2CCCCC2)cc[n+]1C1CCCCC1. The molecule has 0 amide bonds. The zero-order valence-corrected chi connectivity index (χ0v) is 12.4. The summed E-state index contributed by atoms with van der Waals surface area (Å²) in [5, 5.41) is 10.1. The zero-order chi connectivity index (χ0) is 13.9. The van der Waals surface area contributed by atoms with Crippen molar-refractivity contribution in [2.24, 2.45) is 0 Å². The minimum Gasteiger partial charge on any atom is -0.502 e. The summed E-state index contributed by atoms with van der Waals surface area (Å²) in [6.45, 7) is 3.82. The summed E-state index contributed by atoms with van der Waals surface area (Å²) in [7, 11) is 0. The maximum absolute atomic E-state index is 10.1. The molecule has 1 aromatic heterocycles. The monoisotopic (exact) mass is 275 g/mol. The van der Waals surface area contributed by atoms with E-state index in [0.29, 0.717) is 12.1 Å². The number of hydrogen-bond acceptors (Lipinski definition) is 1. The van der Waals surface area contributed by atoms with Gasteiger partial charge in [0.2, 0.25) is 0 Å². The Morgan fingerprint density at radius 2 is 1.65 bits per heavy atom. The van der Waals surface area contributed by atoms with E-state index in [1.54, 1.807) is 0 Å². The molecule has 2 saturated carbocycles. The highest BCUT2D eigenvalue weighted by molar-refractivity contribution is 5.45. The number of aliphatic hydroxyl groups excluding tert-OH is 1. The highest BCUT2D eigenvalue weighted by Crippen LogP contribution is 2.31. The maximum atomic E-state index is 10.1. The number of rotatable bonds is 3. The molecule has 0 unspecified atom stereocenters. The molecule has 0 atom stereocenters. The molecule has 2 fully saturated rings. The van der Waals surface area contributed by atoms with Crippen LogP contribution in [-0.2, 0) is 0 Å². The van der Waals surface area contributed by atoms with Crippen molar-refractivity contribution < 1.29 is 9.67 Å². The predicted octanol–water partition coefficient (Wildman–Crippen LogP) is 4.31. The Kier molecular flexibility index (Phi) is 4.13. The van der Waals surface area contributed by atoms with E-state index in [9.17, 15) is 5.11 Å². The molecular weight excluding hydrogens is 248 g/mol. The Hall–Kier alpha value is -1.25. The second kappa shape index (κ2) is 6.02. The quantitative estimate of drug-likeness (QED) is 0.646. The Labute approximate surface area is 121 Å². The second-order valence-electron chi connectivity index (χ2n) is 6.47. The summed E-state index contributed by atoms with van der Waals surface area (Å²) < 4.78 is 4.58. The van der Waals surface area contributed by atoms with Crippen LogP contribution in [0.25, 0.3) is 5.76 Å². The molecule has 1 N–H and O–H groups in total. The van der Waals surface area contributed by atoms with Crippen LogP contribution in [0.2, 0.25) is 0 Å². The normalized spacial score (nSPS) is 22.0. The molecule has 3 rings (SSSR count). The molecule has 0 saturated heterocycles. The van der Waals surface area contributed by atoms with Crippen LogP contribution in [-0.4, -0.2) is 9.67 Å². The fourth-order valence-electron chi connectivity index (χ4n) is 4.02. The molecule has 3 nitrogen and oxygen atoms in total. The van der Waals surface area contributed by atoms with Gasteiger partial charge in [0.25, 0.3) is 0 Å². The average Bonchev–Trinajstić information content (AvgIpc) is 2.94. The van der Waals surface area contributed by atoms with Crippen LogP contribution < -0.4 is 4.57 Å². The predicted molar refractivity (Wildman–Crippen MR) is 80.5 cm³/mol. The van der Waals surface area contributed by atoms with E-state index in [1.165, 1.54) is 64.2 Å². The van der Waals surface area contributed by atoms with E-state index in [1.807, 2.05) is 0 Å². The first-order valence-corrected chi connectivity index (χ1v) is 8.27. The van der Waals surface area contributed by atoms with Gasteiger partial charge in [-0.2, -0.15) is 0 Å². The van der Waals surface area contributed by atoms with Crippen molar-refractivity contribution in [3.63, 3.8) is 0 Å². The van der Waals surface area contributed by atoms with E-state index in [2.05, 4.69) is 28.1 Å². The first-order chi connectivity index (χ1) is 9.77. The van der Waals surface area contributed by atoms with Gasteiger partial charge >= 0.3 is 5.82 Å². The van der Waals surface area contributed by atoms with Crippen molar-refractivity contribution in [2.45, 2.75) is 76.3 Å². The second-order valence-corrected chi connectivity index (χ2v) is 6.47. The summed E-state index contributed by atoms with van der Waals surface area (Å²) >= 11 is 0. The third-order valence-electron chi connectivity index (χ3n) is 5.07. The van der Waals surface area contributed by atoms with Crippen LogP contribution in [0, 0.1) is 0 Å². The Morgan fingerprint density at radius 1 is 1.05 bits per heavy atom. The lowest BCUT2D eigenvalue weighted by molar-refractivity contribution is -0.728. The minimum absolute atomic E-state index is 0.228. The van der Waals surface area contributed by atoms with Crippen molar-refractivity contribution in [3.8, 4) is 0 Å². The van der Waals surface area contributed by atoms with E-state index in [-0.39, 0.29) is 5.76 Å². The lowest BCUT2D eigenvalue weighted by atomic mass is 9.94. The van der Waals surface area contributed by atoms with Gasteiger partial charge < -0.3 is 5.11 Å². The Bertz CT molecular complexity index is 430. The van der Waals surface area contributed by atoms with Gasteiger partial charge in [-0.15, -0.1) is 0 Å². The standard InChI is InChI=1S/C17H26N2O/c1-14(20)17-18(15-8-4-2-5-9-15)12-13-19(17)16-10-6-3-7-11-16/h12-13,15-16H,1-11H2/p+1. The van der Waals surface area contributed by atoms with Crippen LogP contribution in [0.3, 0.4) is 0 Å². The minimum atomic E-state index is 0.228. The molecule has 0 radical (unpaired) electrons. The molecule has 2 aliphatic carbocycles. The van der Waals surface area contributed by atoms with Crippen molar-refractivity contribution in [2.75, 3.05) is 0 Å². The fourth-order valence-corrected chi connectivity index (χ4v) is 4.02. The van der Waals surface area contributed by atoms with Gasteiger partial charge in [0.05, 0.1) is 0 Å². The summed E-state index contributed by atoms with van der Waals surface area (Å²) in [5.74, 6) is 1.18. The Balaban J connectivity index is 1.90. The molecular formula is C17H27N2O+. The van der Waals surface area contributed by atoms with Gasteiger partial charge in [0.15, 0.2) is 5.76 Å². The molecule has 0 bridgehead atoms. The average molecular weight is 275 g/mol. The molecule has 1 aromatic rings. The van der Waals surface area contributed by atoms with Crippen LogP contribution in [0.4, 0.5) is 0 Å². The van der Waals surface area contributed by atoms with Gasteiger partial charge in [-0.1, -0.05) is 12.8 Å². The van der Waals surface area contributed by atoms with Gasteiger partial charge in [-0.05, 0) is 57.9 Å². The highest BCUT2D eigenvalue weighted by Gasteiger charge is 2.31. The fraction of sp³-hybridized carbons (Fsp3) is 0.706. The topological polar surface area (TPSA) is 29.0 Å². The maximum Gasteiger partial charge on any atom is 0.324 e. The number of nitrogens with zero attached hydrogens (tertiary/aromatic N) is 2. The molecule has 0 spiro atoms. The van der Waals surface area contributed by atoms with Crippen molar-refractivity contribution >= 4 is 5.76 Å². The lowest BCUT2D eigenvalue weighted by Gasteiger charge is -2.22. The van der Waals surface area contributed by atoms with Crippen molar-refractivity contribution in [3.05, 3.63) is 24.8 Å². The summed E-state index contributed by atoms with van der Waals surface area (Å²) in [5.41, 5.74) is 0. The van der Waals surface area contributed by atoms with Crippen LogP contribution in [0.15, 0.2) is 19.0 Å². The third-order valence-corrected chi connectivity index (χ3v) is 5.07. The molecule has 2 aliphatic rings. The smallest absolute Gasteiger partial charge is 0.324 e. The lowest BCUT2D eigenvalue weighted by Crippen LogP contribution is -2.43. The number of aliphatic hydroxyl groups is 1. The first-order valence-electron chi connectivity index (χ1n) is 8.27. The van der Waals surface area contributed by atoms with E-state index in [4.69, 9.17) is 0 Å². The van der Waals surface area contributed by atoms with Gasteiger partial charge in [0.1, 0.15) is 24.5 Å². The third kappa shape index (κ3) is 2.63. The molecule has 20 heavy (non-hydrogen) atoms. The molecule has 1 heterocycles. The van der Waals surface area contributed by atoms with E-state index < -0.39 is 0 Å². The van der Waals surface area contributed by atoms with Crippen LogP contribution in [0.1, 0.15) is 82.1 Å². The van der Waals surface area contributed by atoms with Gasteiger partial charge in [0, 0.05) is 0 Å². The molecule has 0 aromatic carbocycles. The van der Waals surface area contributed by atoms with Gasteiger partial charge in [-0.3, -0.25) is 0 Å². The summed E-state index contributed by atoms with van der Waals surface area (Å²) in [6.07, 6.45) is 17.2. The van der Waals surface area contributed by atoms with E-state index >= 15 is 0 Å². The summed E-state index contributed by atoms with van der Waals surface area (Å²) in [4.78, 5) is 0. The van der Waals surface area contributed by atoms with Crippen molar-refractivity contribution in [1.29, 1.82) is 0 Å². The highest BCUT2D eigenvalue weighted by atomic mass is 16.3. The van der Waals surface area contributed by atoms with Gasteiger partial charge in [-0.25, -0.2) is 9.13 Å². The first kappa shape index (κ1) is 13.7. The van der Waals surface area contributed by atoms with Crippen LogP contribution >= 0.6 is 0 Å². The van der Waals surface area contributed by atoms with Crippen molar-refractivity contribution in [1.82, 2.24) is 4.57 Å². The number of imidazole rings is 1. The number of hydrogen-bond donors (Lipinski definition) is 1. The molecule has 3 heteroatoms. The van der Waals surface area contributed by atoms with Crippen LogP contribution in [0.5, 0.6) is 0 Å². The molecule has 0 aliphatic heterocycles. The van der Waals surface area contributed by atoms with E-state index in [0.717, 1.165) is 5.82 Å². The zero-order valence-electron chi connectivity index (χ0n) is 12.4. The number of aromatic nitrogens is 2. The Morgan fingerprint density at radius 3 is 2.25 bits per heavy atom. The molecule has 110 valence electrons.